The van der Waals surface area contributed by atoms with Gasteiger partial charge in [-0.15, -0.1) is 0 Å². The Morgan fingerprint density at radius 3 is 2.00 bits per heavy atom. The zero-order chi connectivity index (χ0) is 17.1. The maximum Gasteiger partial charge on any atom is 0.294 e. The minimum Gasteiger partial charge on any atom is -0.396 e. The lowest BCUT2D eigenvalue weighted by molar-refractivity contribution is 0.283. The number of aryl methyl sites for hydroxylation is 2. The Morgan fingerprint density at radius 1 is 0.870 bits per heavy atom. The third-order valence-corrected chi connectivity index (χ3v) is 4.15. The molecule has 0 radical (unpaired) electrons. The lowest BCUT2D eigenvalue weighted by Crippen LogP contribution is -1.96. The van der Waals surface area contributed by atoms with Gasteiger partial charge in [0.1, 0.15) is 0 Å². The van der Waals surface area contributed by atoms with Gasteiger partial charge in [-0.25, -0.2) is 0 Å². The second-order valence-corrected chi connectivity index (χ2v) is 6.73. The lowest BCUT2D eigenvalue weighted by atomic mass is 10.1. The second-order valence-electron chi connectivity index (χ2n) is 5.31. The number of aliphatic hydroxyl groups excluding tert-OH is 1. The Bertz CT molecular complexity index is 649. The number of rotatable bonds is 6. The molecule has 0 saturated carbocycles. The fourth-order valence-corrected chi connectivity index (χ4v) is 2.45. The number of unbranched alkanes of at least 4 members (excludes halogenated alkanes) is 2. The number of hydrogen-bond donors (Lipinski definition) is 2. The molecule has 0 spiro atoms. The van der Waals surface area contributed by atoms with Gasteiger partial charge < -0.3 is 5.11 Å². The van der Waals surface area contributed by atoms with Crippen molar-refractivity contribution in [3.05, 3.63) is 65.7 Å². The Morgan fingerprint density at radius 2 is 1.48 bits per heavy atom. The quantitative estimate of drug-likeness (QED) is 0.624. The van der Waals surface area contributed by atoms with Crippen molar-refractivity contribution in [3.8, 4) is 0 Å². The summed E-state index contributed by atoms with van der Waals surface area (Å²) in [7, 11) is -4.02. The van der Waals surface area contributed by atoms with E-state index in [1.165, 1.54) is 24.1 Å². The van der Waals surface area contributed by atoms with Gasteiger partial charge in [0.05, 0.1) is 4.90 Å². The zero-order valence-electron chi connectivity index (χ0n) is 13.4. The van der Waals surface area contributed by atoms with Crippen LogP contribution in [-0.4, -0.2) is 24.7 Å². The Hall–Kier alpha value is -1.69. The standard InChI is InChI=1S/C11H16O.C7H8O3S/c12-10-6-2-5-9-11-7-3-1-4-8-11;1-6-2-4-7(5-3-6)11(8,9)10/h1,3-4,7-8,12H,2,5-6,9-10H2;2-5H,1H3,(H,8,9,10). The van der Waals surface area contributed by atoms with Crippen molar-refractivity contribution >= 4 is 10.1 Å². The van der Waals surface area contributed by atoms with E-state index in [9.17, 15) is 8.42 Å². The van der Waals surface area contributed by atoms with E-state index < -0.39 is 10.1 Å². The summed E-state index contributed by atoms with van der Waals surface area (Å²) in [6.45, 7) is 2.17. The van der Waals surface area contributed by atoms with E-state index in [1.807, 2.05) is 13.0 Å². The molecule has 2 N–H and O–H groups in total. The highest BCUT2D eigenvalue weighted by Gasteiger charge is 2.06. The van der Waals surface area contributed by atoms with E-state index in [-0.39, 0.29) is 4.90 Å². The highest BCUT2D eigenvalue weighted by Crippen LogP contribution is 2.08. The van der Waals surface area contributed by atoms with Crippen LogP contribution in [0.15, 0.2) is 59.5 Å². The first-order valence-corrected chi connectivity index (χ1v) is 9.06. The Labute approximate surface area is 138 Å². The van der Waals surface area contributed by atoms with Crippen LogP contribution in [0.25, 0.3) is 0 Å². The molecule has 23 heavy (non-hydrogen) atoms. The fourth-order valence-electron chi connectivity index (χ4n) is 1.97. The summed E-state index contributed by atoms with van der Waals surface area (Å²) in [5.41, 5.74) is 2.35. The molecular weight excluding hydrogens is 312 g/mol. The molecule has 0 amide bonds. The van der Waals surface area contributed by atoms with Gasteiger partial charge in [-0.1, -0.05) is 54.4 Å². The van der Waals surface area contributed by atoms with Gasteiger partial charge >= 0.3 is 0 Å². The van der Waals surface area contributed by atoms with Gasteiger partial charge in [-0.3, -0.25) is 4.55 Å². The molecule has 0 heterocycles. The molecule has 0 aliphatic heterocycles. The van der Waals surface area contributed by atoms with E-state index in [4.69, 9.17) is 9.66 Å². The first kappa shape index (κ1) is 19.4. The van der Waals surface area contributed by atoms with Crippen molar-refractivity contribution in [2.24, 2.45) is 0 Å². The van der Waals surface area contributed by atoms with E-state index in [1.54, 1.807) is 12.1 Å². The van der Waals surface area contributed by atoms with Crippen LogP contribution in [0.5, 0.6) is 0 Å². The minimum absolute atomic E-state index is 0.0666. The Kier molecular flexibility index (Phi) is 8.55. The van der Waals surface area contributed by atoms with Crippen LogP contribution in [0.3, 0.4) is 0 Å². The highest BCUT2D eigenvalue weighted by atomic mass is 32.2. The SMILES string of the molecule is Cc1ccc(S(=O)(=O)O)cc1.OCCCCCc1ccccc1. The molecule has 0 aliphatic carbocycles. The average molecular weight is 336 g/mol. The van der Waals surface area contributed by atoms with Crippen molar-refractivity contribution < 1.29 is 18.1 Å². The van der Waals surface area contributed by atoms with Crippen LogP contribution in [0, 0.1) is 6.92 Å². The molecule has 5 heteroatoms. The molecule has 0 aliphatic rings. The van der Waals surface area contributed by atoms with E-state index in [0.717, 1.165) is 24.8 Å². The predicted molar refractivity (Wildman–Crippen MR) is 92.1 cm³/mol. The molecule has 126 valence electrons. The third kappa shape index (κ3) is 8.50. The minimum atomic E-state index is -4.02. The lowest BCUT2D eigenvalue weighted by Gasteiger charge is -1.99. The van der Waals surface area contributed by atoms with Crippen molar-refractivity contribution in [1.82, 2.24) is 0 Å². The summed E-state index contributed by atoms with van der Waals surface area (Å²) < 4.78 is 29.6. The molecule has 0 saturated heterocycles. The van der Waals surface area contributed by atoms with Gasteiger partial charge in [-0.2, -0.15) is 8.42 Å². The molecule has 4 nitrogen and oxygen atoms in total. The molecule has 0 unspecified atom stereocenters. The summed E-state index contributed by atoms with van der Waals surface area (Å²) in [5, 5.41) is 8.56. The largest absolute Gasteiger partial charge is 0.396 e. The van der Waals surface area contributed by atoms with Crippen molar-refractivity contribution in [3.63, 3.8) is 0 Å². The smallest absolute Gasteiger partial charge is 0.294 e. The van der Waals surface area contributed by atoms with Crippen LogP contribution in [-0.2, 0) is 16.5 Å². The zero-order valence-corrected chi connectivity index (χ0v) is 14.2. The summed E-state index contributed by atoms with van der Waals surface area (Å²) in [6, 6.07) is 16.5. The van der Waals surface area contributed by atoms with Crippen LogP contribution in [0.1, 0.15) is 30.4 Å². The van der Waals surface area contributed by atoms with Gasteiger partial charge in [0.2, 0.25) is 0 Å². The van der Waals surface area contributed by atoms with Crippen LogP contribution >= 0.6 is 0 Å². The maximum absolute atomic E-state index is 10.5. The van der Waals surface area contributed by atoms with Gasteiger partial charge in [0.15, 0.2) is 0 Å². The normalized spacial score (nSPS) is 10.7. The van der Waals surface area contributed by atoms with Gasteiger partial charge in [0, 0.05) is 6.61 Å². The topological polar surface area (TPSA) is 74.6 Å². The first-order chi connectivity index (χ1) is 10.9. The van der Waals surface area contributed by atoms with Crippen LogP contribution in [0.4, 0.5) is 0 Å². The molecule has 0 atom stereocenters. The van der Waals surface area contributed by atoms with E-state index >= 15 is 0 Å². The predicted octanol–water partition coefficient (Wildman–Crippen LogP) is 3.63. The molecule has 2 aromatic rings. The molecule has 0 bridgehead atoms. The van der Waals surface area contributed by atoms with Crippen LogP contribution in [0.2, 0.25) is 0 Å². The van der Waals surface area contributed by atoms with Crippen molar-refractivity contribution in [2.45, 2.75) is 37.5 Å². The molecule has 0 aromatic heterocycles. The number of hydrogen-bond acceptors (Lipinski definition) is 3. The van der Waals surface area contributed by atoms with Crippen molar-refractivity contribution in [1.29, 1.82) is 0 Å². The third-order valence-electron chi connectivity index (χ3n) is 3.29. The van der Waals surface area contributed by atoms with Crippen LogP contribution < -0.4 is 0 Å². The summed E-state index contributed by atoms with van der Waals surface area (Å²) >= 11 is 0. The number of benzene rings is 2. The molecular formula is C18H24O4S. The first-order valence-electron chi connectivity index (χ1n) is 7.62. The summed E-state index contributed by atoms with van der Waals surface area (Å²) in [5.74, 6) is 0. The van der Waals surface area contributed by atoms with E-state index in [2.05, 4.69) is 24.3 Å². The number of aliphatic hydroxyl groups is 1. The molecule has 2 rings (SSSR count). The Balaban J connectivity index is 0.000000231. The van der Waals surface area contributed by atoms with E-state index in [0.29, 0.717) is 6.61 Å². The summed E-state index contributed by atoms with van der Waals surface area (Å²) in [6.07, 6.45) is 4.39. The maximum atomic E-state index is 10.5. The van der Waals surface area contributed by atoms with Gasteiger partial charge in [-0.05, 0) is 43.9 Å². The fraction of sp³-hybridized carbons (Fsp3) is 0.333. The monoisotopic (exact) mass is 336 g/mol. The second kappa shape index (κ2) is 10.2. The average Bonchev–Trinajstić information content (AvgIpc) is 2.53. The van der Waals surface area contributed by atoms with Crippen molar-refractivity contribution in [2.75, 3.05) is 6.61 Å². The summed E-state index contributed by atoms with van der Waals surface area (Å²) in [4.78, 5) is -0.0666. The van der Waals surface area contributed by atoms with Gasteiger partial charge in [0.25, 0.3) is 10.1 Å². The highest BCUT2D eigenvalue weighted by molar-refractivity contribution is 7.85. The molecule has 2 aromatic carbocycles. The molecule has 0 fully saturated rings.